The Kier molecular flexibility index (Phi) is 5.47. The van der Waals surface area contributed by atoms with Crippen LogP contribution >= 0.6 is 0 Å². The van der Waals surface area contributed by atoms with Crippen LogP contribution in [0.5, 0.6) is 11.5 Å². The lowest BCUT2D eigenvalue weighted by atomic mass is 9.78. The number of amides is 2. The zero-order chi connectivity index (χ0) is 19.7. The molecular formula is C22H30N2O4. The number of nitrogens with zero attached hydrogens (tertiary/aromatic N) is 2. The van der Waals surface area contributed by atoms with Gasteiger partial charge in [-0.1, -0.05) is 12.8 Å². The first-order chi connectivity index (χ1) is 13.6. The van der Waals surface area contributed by atoms with Crippen LogP contribution in [0.4, 0.5) is 5.69 Å². The summed E-state index contributed by atoms with van der Waals surface area (Å²) in [5.41, 5.74) is 0.706. The van der Waals surface area contributed by atoms with Crippen molar-refractivity contribution in [3.8, 4) is 11.5 Å². The Bertz CT molecular complexity index is 748. The number of benzene rings is 1. The molecule has 4 rings (SSSR count). The quantitative estimate of drug-likeness (QED) is 0.797. The van der Waals surface area contributed by atoms with Crippen molar-refractivity contribution in [3.63, 3.8) is 0 Å². The second-order valence-electron chi connectivity index (χ2n) is 8.23. The first kappa shape index (κ1) is 19.1. The first-order valence-corrected chi connectivity index (χ1v) is 10.4. The molecule has 1 aromatic rings. The number of hydrogen-bond acceptors (Lipinski definition) is 4. The number of fused-ring (bicyclic) bond motifs is 1. The van der Waals surface area contributed by atoms with Crippen molar-refractivity contribution in [1.29, 1.82) is 0 Å². The highest BCUT2D eigenvalue weighted by atomic mass is 16.5. The standard InChI is InChI=1S/C22H30N2O4/c1-27-17-9-10-19(20(13-17)28-2)24-14-16(12-21(24)25)22(26)23-11-5-7-15-6-3-4-8-18(15)23/h9-10,13,15-16,18H,3-8,11-12,14H2,1-2H3/t15-,16+,18-/m0/s1. The Morgan fingerprint density at radius 2 is 1.86 bits per heavy atom. The smallest absolute Gasteiger partial charge is 0.228 e. The molecule has 6 heteroatoms. The Morgan fingerprint density at radius 3 is 2.64 bits per heavy atom. The average Bonchev–Trinajstić information content (AvgIpc) is 3.13. The molecule has 0 aromatic heterocycles. The molecule has 1 aliphatic carbocycles. The van der Waals surface area contributed by atoms with Crippen molar-refractivity contribution in [2.24, 2.45) is 11.8 Å². The molecule has 152 valence electrons. The van der Waals surface area contributed by atoms with E-state index in [1.807, 2.05) is 12.1 Å². The Balaban J connectivity index is 1.51. The molecule has 6 nitrogen and oxygen atoms in total. The van der Waals surface area contributed by atoms with Gasteiger partial charge in [0.25, 0.3) is 0 Å². The summed E-state index contributed by atoms with van der Waals surface area (Å²) >= 11 is 0. The van der Waals surface area contributed by atoms with Gasteiger partial charge in [0.05, 0.1) is 25.8 Å². The van der Waals surface area contributed by atoms with E-state index in [0.29, 0.717) is 35.7 Å². The van der Waals surface area contributed by atoms with Crippen molar-refractivity contribution in [3.05, 3.63) is 18.2 Å². The summed E-state index contributed by atoms with van der Waals surface area (Å²) in [7, 11) is 3.18. The summed E-state index contributed by atoms with van der Waals surface area (Å²) in [4.78, 5) is 29.9. The zero-order valence-electron chi connectivity index (χ0n) is 16.9. The van der Waals surface area contributed by atoms with E-state index in [1.54, 1.807) is 25.2 Å². The minimum absolute atomic E-state index is 0.0148. The van der Waals surface area contributed by atoms with Crippen molar-refractivity contribution in [2.75, 3.05) is 32.2 Å². The minimum atomic E-state index is -0.264. The number of piperidine rings is 1. The van der Waals surface area contributed by atoms with Crippen molar-refractivity contribution in [2.45, 2.75) is 51.0 Å². The molecule has 1 aromatic carbocycles. The summed E-state index contributed by atoms with van der Waals surface area (Å²) in [6.45, 7) is 1.27. The van der Waals surface area contributed by atoms with Crippen LogP contribution < -0.4 is 14.4 Å². The Hall–Kier alpha value is -2.24. The summed E-state index contributed by atoms with van der Waals surface area (Å²) in [6, 6.07) is 5.81. The molecule has 2 saturated heterocycles. The number of carbonyl (C=O) groups excluding carboxylic acids is 2. The monoisotopic (exact) mass is 386 g/mol. The molecule has 0 spiro atoms. The second kappa shape index (κ2) is 8.02. The molecule has 1 saturated carbocycles. The molecule has 2 aliphatic heterocycles. The highest BCUT2D eigenvalue weighted by molar-refractivity contribution is 6.01. The maximum Gasteiger partial charge on any atom is 0.228 e. The third kappa shape index (κ3) is 3.45. The molecular weight excluding hydrogens is 356 g/mol. The summed E-state index contributed by atoms with van der Waals surface area (Å²) in [6.07, 6.45) is 7.47. The van der Waals surface area contributed by atoms with Gasteiger partial charge < -0.3 is 19.3 Å². The van der Waals surface area contributed by atoms with Gasteiger partial charge in [-0.3, -0.25) is 9.59 Å². The molecule has 2 heterocycles. The van der Waals surface area contributed by atoms with Gasteiger partial charge in [0.1, 0.15) is 11.5 Å². The highest BCUT2D eigenvalue weighted by Gasteiger charge is 2.42. The lowest BCUT2D eigenvalue weighted by Crippen LogP contribution is -2.51. The van der Waals surface area contributed by atoms with Crippen LogP contribution in [0, 0.1) is 11.8 Å². The average molecular weight is 386 g/mol. The Labute approximate surface area is 166 Å². The number of anilines is 1. The van der Waals surface area contributed by atoms with E-state index in [2.05, 4.69) is 4.90 Å². The van der Waals surface area contributed by atoms with Crippen LogP contribution in [0.1, 0.15) is 44.9 Å². The van der Waals surface area contributed by atoms with Crippen LogP contribution in [0.15, 0.2) is 18.2 Å². The van der Waals surface area contributed by atoms with Crippen LogP contribution in [0.25, 0.3) is 0 Å². The van der Waals surface area contributed by atoms with Gasteiger partial charge in [-0.15, -0.1) is 0 Å². The molecule has 28 heavy (non-hydrogen) atoms. The van der Waals surface area contributed by atoms with Gasteiger partial charge in [-0.25, -0.2) is 0 Å². The number of ether oxygens (including phenoxy) is 2. The third-order valence-electron chi connectivity index (χ3n) is 6.68. The number of hydrogen-bond donors (Lipinski definition) is 0. The lowest BCUT2D eigenvalue weighted by Gasteiger charge is -2.45. The lowest BCUT2D eigenvalue weighted by molar-refractivity contribution is -0.142. The normalized spacial score (nSPS) is 27.5. The largest absolute Gasteiger partial charge is 0.497 e. The summed E-state index contributed by atoms with van der Waals surface area (Å²) in [5.74, 6) is 1.81. The van der Waals surface area contributed by atoms with E-state index in [4.69, 9.17) is 9.47 Å². The number of carbonyl (C=O) groups is 2. The van der Waals surface area contributed by atoms with Crippen molar-refractivity contribution >= 4 is 17.5 Å². The molecule has 0 radical (unpaired) electrons. The molecule has 3 fully saturated rings. The maximum absolute atomic E-state index is 13.3. The van der Waals surface area contributed by atoms with Gasteiger partial charge in [-0.2, -0.15) is 0 Å². The van der Waals surface area contributed by atoms with E-state index >= 15 is 0 Å². The van der Waals surface area contributed by atoms with Gasteiger partial charge >= 0.3 is 0 Å². The van der Waals surface area contributed by atoms with Crippen molar-refractivity contribution in [1.82, 2.24) is 4.90 Å². The molecule has 0 N–H and O–H groups in total. The van der Waals surface area contributed by atoms with E-state index in [1.165, 1.54) is 25.7 Å². The molecule has 0 bridgehead atoms. The van der Waals surface area contributed by atoms with E-state index in [0.717, 1.165) is 19.4 Å². The van der Waals surface area contributed by atoms with Crippen LogP contribution in [0.3, 0.4) is 0 Å². The fourth-order valence-corrected chi connectivity index (χ4v) is 5.25. The fraction of sp³-hybridized carbons (Fsp3) is 0.636. The molecule has 0 unspecified atom stereocenters. The van der Waals surface area contributed by atoms with Crippen LogP contribution in [-0.2, 0) is 9.59 Å². The fourth-order valence-electron chi connectivity index (χ4n) is 5.25. The van der Waals surface area contributed by atoms with E-state index in [-0.39, 0.29) is 24.2 Å². The molecule has 2 amide bonds. The topological polar surface area (TPSA) is 59.1 Å². The SMILES string of the molecule is COc1ccc(N2C[C@H](C(=O)N3CCC[C@@H]4CCCC[C@@H]43)CC2=O)c(OC)c1. The van der Waals surface area contributed by atoms with Crippen molar-refractivity contribution < 1.29 is 19.1 Å². The number of likely N-dealkylation sites (tertiary alicyclic amines) is 1. The molecule has 3 atom stereocenters. The highest BCUT2D eigenvalue weighted by Crippen LogP contribution is 2.39. The molecule has 3 aliphatic rings. The van der Waals surface area contributed by atoms with Gasteiger partial charge in [-0.05, 0) is 43.7 Å². The Morgan fingerprint density at radius 1 is 1.07 bits per heavy atom. The predicted molar refractivity (Wildman–Crippen MR) is 107 cm³/mol. The number of methoxy groups -OCH3 is 2. The van der Waals surface area contributed by atoms with Crippen LogP contribution in [0.2, 0.25) is 0 Å². The van der Waals surface area contributed by atoms with Gasteiger partial charge in [0.2, 0.25) is 11.8 Å². The van der Waals surface area contributed by atoms with Crippen LogP contribution in [-0.4, -0.2) is 50.1 Å². The van der Waals surface area contributed by atoms with Gasteiger partial charge in [0.15, 0.2) is 0 Å². The second-order valence-corrected chi connectivity index (χ2v) is 8.23. The van der Waals surface area contributed by atoms with Gasteiger partial charge in [0, 0.05) is 31.6 Å². The summed E-state index contributed by atoms with van der Waals surface area (Å²) < 4.78 is 10.7. The predicted octanol–water partition coefficient (Wildman–Crippen LogP) is 3.24. The van der Waals surface area contributed by atoms with E-state index in [9.17, 15) is 9.59 Å². The third-order valence-corrected chi connectivity index (χ3v) is 6.68. The van der Waals surface area contributed by atoms with E-state index < -0.39 is 0 Å². The first-order valence-electron chi connectivity index (χ1n) is 10.4. The maximum atomic E-state index is 13.3. The zero-order valence-corrected chi connectivity index (χ0v) is 16.9. The number of rotatable bonds is 4. The minimum Gasteiger partial charge on any atom is -0.497 e. The summed E-state index contributed by atoms with van der Waals surface area (Å²) in [5, 5.41) is 0.